The Balaban J connectivity index is 2.02. The number of hydrogen-bond donors (Lipinski definition) is 1. The average Bonchev–Trinajstić information content (AvgIpc) is 2.77. The van der Waals surface area contributed by atoms with Crippen LogP contribution in [0.3, 0.4) is 0 Å². The van der Waals surface area contributed by atoms with E-state index in [-0.39, 0.29) is 5.75 Å². The fourth-order valence-corrected chi connectivity index (χ4v) is 3.15. The van der Waals surface area contributed by atoms with Crippen LogP contribution in [0.15, 0.2) is 47.5 Å². The van der Waals surface area contributed by atoms with Crippen LogP contribution in [0.4, 0.5) is 5.69 Å². The summed E-state index contributed by atoms with van der Waals surface area (Å²) in [5, 5.41) is 12.1. The molecule has 0 aliphatic carbocycles. The molecule has 0 spiro atoms. The monoisotopic (exact) mass is 321 g/mol. The number of halogens is 2. The second-order valence-electron chi connectivity index (χ2n) is 4.17. The van der Waals surface area contributed by atoms with E-state index in [0.29, 0.717) is 20.6 Å². The summed E-state index contributed by atoms with van der Waals surface area (Å²) in [7, 11) is 0. The summed E-state index contributed by atoms with van der Waals surface area (Å²) < 4.78 is 1.02. The molecular weight excluding hydrogens is 313 g/mol. The van der Waals surface area contributed by atoms with E-state index in [4.69, 9.17) is 23.2 Å². The van der Waals surface area contributed by atoms with Gasteiger partial charge >= 0.3 is 0 Å². The lowest BCUT2D eigenvalue weighted by Crippen LogP contribution is -1.75. The molecule has 0 fully saturated rings. The third-order valence-electron chi connectivity index (χ3n) is 2.82. The van der Waals surface area contributed by atoms with E-state index in [1.807, 2.05) is 24.3 Å². The van der Waals surface area contributed by atoms with Crippen molar-refractivity contribution in [1.29, 1.82) is 0 Å². The number of benzene rings is 2. The van der Waals surface area contributed by atoms with Crippen molar-refractivity contribution in [2.75, 3.05) is 0 Å². The highest BCUT2D eigenvalue weighted by molar-refractivity contribution is 7.21. The summed E-state index contributed by atoms with van der Waals surface area (Å²) >= 11 is 13.4. The van der Waals surface area contributed by atoms with Gasteiger partial charge in [-0.2, -0.15) is 0 Å². The molecule has 0 unspecified atom stereocenters. The summed E-state index contributed by atoms with van der Waals surface area (Å²) in [5.41, 5.74) is 0.580. The van der Waals surface area contributed by atoms with Crippen molar-refractivity contribution in [3.8, 4) is 5.75 Å². The Morgan fingerprint density at radius 1 is 1.10 bits per heavy atom. The Bertz CT molecular complexity index is 811. The lowest BCUT2D eigenvalue weighted by molar-refractivity contribution is 0.483. The molecule has 100 valence electrons. The van der Waals surface area contributed by atoms with Crippen molar-refractivity contribution in [3.05, 3.63) is 57.4 Å². The molecule has 3 aromatic rings. The first-order valence-corrected chi connectivity index (χ1v) is 7.42. The Morgan fingerprint density at radius 3 is 2.70 bits per heavy atom. The van der Waals surface area contributed by atoms with Gasteiger partial charge in [0.2, 0.25) is 0 Å². The van der Waals surface area contributed by atoms with Gasteiger partial charge in [0.15, 0.2) is 0 Å². The van der Waals surface area contributed by atoms with Crippen LogP contribution in [-0.4, -0.2) is 11.3 Å². The van der Waals surface area contributed by atoms with Gasteiger partial charge in [-0.15, -0.1) is 11.3 Å². The van der Waals surface area contributed by atoms with Crippen LogP contribution < -0.4 is 0 Å². The molecule has 1 N–H and O–H groups in total. The molecule has 5 heteroatoms. The SMILES string of the molecule is Oc1c(C=Nc2cc(Cl)ccc2Cl)sc2ccccc12. The number of rotatable bonds is 2. The topological polar surface area (TPSA) is 32.6 Å². The predicted molar refractivity (Wildman–Crippen MR) is 87.2 cm³/mol. The minimum absolute atomic E-state index is 0.243. The Kier molecular flexibility index (Phi) is 3.66. The molecule has 0 aliphatic heterocycles. The van der Waals surface area contributed by atoms with Crippen LogP contribution in [0.1, 0.15) is 4.88 Å². The van der Waals surface area contributed by atoms with Crippen LogP contribution in [-0.2, 0) is 0 Å². The largest absolute Gasteiger partial charge is 0.506 e. The maximum absolute atomic E-state index is 10.2. The number of aliphatic imine (C=N–C) groups is 1. The lowest BCUT2D eigenvalue weighted by atomic mass is 10.2. The summed E-state index contributed by atoms with van der Waals surface area (Å²) in [6, 6.07) is 12.8. The van der Waals surface area contributed by atoms with Gasteiger partial charge < -0.3 is 5.11 Å². The third kappa shape index (κ3) is 2.52. The molecule has 2 aromatic carbocycles. The number of nitrogens with zero attached hydrogens (tertiary/aromatic N) is 1. The maximum atomic E-state index is 10.2. The average molecular weight is 322 g/mol. The van der Waals surface area contributed by atoms with Crippen LogP contribution in [0, 0.1) is 0 Å². The first-order chi connectivity index (χ1) is 9.65. The molecule has 0 saturated heterocycles. The van der Waals surface area contributed by atoms with Crippen molar-refractivity contribution in [2.24, 2.45) is 4.99 Å². The number of aromatic hydroxyl groups is 1. The van der Waals surface area contributed by atoms with Gasteiger partial charge in [-0.25, -0.2) is 0 Å². The second-order valence-corrected chi connectivity index (χ2v) is 6.09. The van der Waals surface area contributed by atoms with E-state index < -0.39 is 0 Å². The van der Waals surface area contributed by atoms with Gasteiger partial charge in [0.05, 0.1) is 15.6 Å². The molecule has 2 nitrogen and oxygen atoms in total. The number of fused-ring (bicyclic) bond motifs is 1. The van der Waals surface area contributed by atoms with Crippen molar-refractivity contribution in [1.82, 2.24) is 0 Å². The quantitative estimate of drug-likeness (QED) is 0.606. The van der Waals surface area contributed by atoms with E-state index in [0.717, 1.165) is 10.1 Å². The van der Waals surface area contributed by atoms with Crippen molar-refractivity contribution in [3.63, 3.8) is 0 Å². The molecule has 20 heavy (non-hydrogen) atoms. The molecule has 0 amide bonds. The zero-order chi connectivity index (χ0) is 14.1. The molecule has 0 atom stereocenters. The van der Waals surface area contributed by atoms with E-state index in [1.165, 1.54) is 11.3 Å². The third-order valence-corrected chi connectivity index (χ3v) is 4.47. The Morgan fingerprint density at radius 2 is 1.90 bits per heavy atom. The molecule has 1 aromatic heterocycles. The highest BCUT2D eigenvalue weighted by atomic mass is 35.5. The van der Waals surface area contributed by atoms with Crippen LogP contribution in [0.5, 0.6) is 5.75 Å². The molecule has 0 radical (unpaired) electrons. The molecule has 0 bridgehead atoms. The molecule has 3 rings (SSSR count). The molecular formula is C15H9Cl2NOS. The molecule has 0 saturated carbocycles. The van der Waals surface area contributed by atoms with E-state index in [9.17, 15) is 5.11 Å². The highest BCUT2D eigenvalue weighted by Crippen LogP contribution is 2.36. The summed E-state index contributed by atoms with van der Waals surface area (Å²) in [6.45, 7) is 0. The maximum Gasteiger partial charge on any atom is 0.142 e. The van der Waals surface area contributed by atoms with Gasteiger partial charge in [0.1, 0.15) is 5.75 Å². The van der Waals surface area contributed by atoms with E-state index >= 15 is 0 Å². The smallest absolute Gasteiger partial charge is 0.142 e. The second kappa shape index (κ2) is 5.44. The summed E-state index contributed by atoms with van der Waals surface area (Å²) in [6.07, 6.45) is 1.61. The Labute approximate surface area is 129 Å². The fraction of sp³-hybridized carbons (Fsp3) is 0. The minimum atomic E-state index is 0.243. The van der Waals surface area contributed by atoms with Crippen molar-refractivity contribution in [2.45, 2.75) is 0 Å². The van der Waals surface area contributed by atoms with Gasteiger partial charge in [0.25, 0.3) is 0 Å². The number of thiophene rings is 1. The first kappa shape index (κ1) is 13.4. The highest BCUT2D eigenvalue weighted by Gasteiger charge is 2.08. The number of hydrogen-bond acceptors (Lipinski definition) is 3. The summed E-state index contributed by atoms with van der Waals surface area (Å²) in [4.78, 5) is 5.00. The lowest BCUT2D eigenvalue weighted by Gasteiger charge is -1.98. The minimum Gasteiger partial charge on any atom is -0.506 e. The van der Waals surface area contributed by atoms with Gasteiger partial charge in [0, 0.05) is 21.3 Å². The molecule has 0 aliphatic rings. The molecule has 1 heterocycles. The van der Waals surface area contributed by atoms with Crippen LogP contribution in [0.2, 0.25) is 10.0 Å². The van der Waals surface area contributed by atoms with Gasteiger partial charge in [-0.1, -0.05) is 35.3 Å². The van der Waals surface area contributed by atoms with Crippen molar-refractivity contribution < 1.29 is 5.11 Å². The standard InChI is InChI=1S/C15H9Cl2NOS/c16-9-5-6-11(17)12(7-9)18-8-14-15(19)10-3-1-2-4-13(10)20-14/h1-8,19H. The fourth-order valence-electron chi connectivity index (χ4n) is 1.85. The van der Waals surface area contributed by atoms with Crippen LogP contribution in [0.25, 0.3) is 10.1 Å². The van der Waals surface area contributed by atoms with Gasteiger partial charge in [-0.05, 0) is 30.3 Å². The normalized spacial score (nSPS) is 11.5. The predicted octanol–water partition coefficient (Wildman–Crippen LogP) is 5.66. The van der Waals surface area contributed by atoms with Crippen molar-refractivity contribution >= 4 is 56.5 Å². The van der Waals surface area contributed by atoms with Gasteiger partial charge in [-0.3, -0.25) is 4.99 Å². The summed E-state index contributed by atoms with van der Waals surface area (Å²) in [5.74, 6) is 0.243. The van der Waals surface area contributed by atoms with E-state index in [1.54, 1.807) is 24.4 Å². The van der Waals surface area contributed by atoms with Crippen LogP contribution >= 0.6 is 34.5 Å². The zero-order valence-corrected chi connectivity index (χ0v) is 12.5. The zero-order valence-electron chi connectivity index (χ0n) is 10.2. The first-order valence-electron chi connectivity index (χ1n) is 5.85. The Hall–Kier alpha value is -1.55. The van der Waals surface area contributed by atoms with E-state index in [2.05, 4.69) is 4.99 Å².